The molecule has 0 amide bonds. The van der Waals surface area contributed by atoms with Crippen LogP contribution in [0.1, 0.15) is 25.3 Å². The highest BCUT2D eigenvalue weighted by molar-refractivity contribution is 7.92. The highest BCUT2D eigenvalue weighted by atomic mass is 32.2. The molecule has 1 aliphatic rings. The topological polar surface area (TPSA) is 83.8 Å². The van der Waals surface area contributed by atoms with Crippen LogP contribution in [-0.4, -0.2) is 46.1 Å². The summed E-state index contributed by atoms with van der Waals surface area (Å²) in [6, 6.07) is 11.0. The van der Waals surface area contributed by atoms with Gasteiger partial charge in [-0.15, -0.1) is 0 Å². The summed E-state index contributed by atoms with van der Waals surface area (Å²) in [5.41, 5.74) is 2.81. The number of aryl methyl sites for hydroxylation is 1. The highest BCUT2D eigenvalue weighted by Gasteiger charge is 2.24. The summed E-state index contributed by atoms with van der Waals surface area (Å²) < 4.78 is 39.9. The quantitative estimate of drug-likeness (QED) is 0.535. The smallest absolute Gasteiger partial charge is 0.265 e. The Labute approximate surface area is 183 Å². The first-order valence-electron chi connectivity index (χ1n) is 10.6. The lowest BCUT2D eigenvalue weighted by Crippen LogP contribution is -2.34. The summed E-state index contributed by atoms with van der Waals surface area (Å²) in [4.78, 5) is 2.57. The molecule has 0 unspecified atom stereocenters. The average Bonchev–Trinajstić information content (AvgIpc) is 3.40. The van der Waals surface area contributed by atoms with E-state index in [0.717, 1.165) is 48.3 Å². The van der Waals surface area contributed by atoms with Crippen LogP contribution in [0.15, 0.2) is 52.0 Å². The van der Waals surface area contributed by atoms with Crippen LogP contribution in [-0.2, 0) is 10.0 Å². The van der Waals surface area contributed by atoms with Gasteiger partial charge in [0, 0.05) is 18.0 Å². The molecule has 8 heteroatoms. The summed E-state index contributed by atoms with van der Waals surface area (Å²) in [6.45, 7) is 6.96. The number of hydrogen-bond acceptors (Lipinski definition) is 6. The van der Waals surface area contributed by atoms with Crippen LogP contribution in [0.3, 0.4) is 0 Å². The molecule has 31 heavy (non-hydrogen) atoms. The Morgan fingerprint density at radius 1 is 1.23 bits per heavy atom. The Kier molecular flexibility index (Phi) is 6.11. The molecule has 4 rings (SSSR count). The van der Waals surface area contributed by atoms with Crippen LogP contribution in [0.2, 0.25) is 0 Å². The molecule has 1 aliphatic heterocycles. The molecule has 166 valence electrons. The number of nitrogens with one attached hydrogen (secondary N) is 2. The number of fused-ring (bicyclic) bond motifs is 1. The fraction of sp³-hybridized carbons (Fsp3) is 0.391. The van der Waals surface area contributed by atoms with Gasteiger partial charge in [0.15, 0.2) is 5.58 Å². The van der Waals surface area contributed by atoms with Crippen molar-refractivity contribution in [3.8, 4) is 5.75 Å². The maximum atomic E-state index is 13.1. The molecule has 1 aromatic heterocycles. The van der Waals surface area contributed by atoms with Crippen molar-refractivity contribution < 1.29 is 17.6 Å². The zero-order valence-corrected chi connectivity index (χ0v) is 19.0. The molecule has 0 spiro atoms. The van der Waals surface area contributed by atoms with E-state index in [-0.39, 0.29) is 4.90 Å². The van der Waals surface area contributed by atoms with E-state index in [1.165, 1.54) is 13.5 Å². The van der Waals surface area contributed by atoms with E-state index in [1.54, 1.807) is 30.5 Å². The van der Waals surface area contributed by atoms with E-state index in [1.807, 2.05) is 19.1 Å². The fourth-order valence-corrected chi connectivity index (χ4v) is 5.54. The number of benzene rings is 2. The van der Waals surface area contributed by atoms with Gasteiger partial charge >= 0.3 is 0 Å². The van der Waals surface area contributed by atoms with Crippen molar-refractivity contribution in [1.82, 2.24) is 4.90 Å². The van der Waals surface area contributed by atoms with Crippen LogP contribution in [0.4, 0.5) is 11.4 Å². The maximum absolute atomic E-state index is 13.1. The summed E-state index contributed by atoms with van der Waals surface area (Å²) in [6.07, 6.45) is 3.97. The van der Waals surface area contributed by atoms with Gasteiger partial charge in [0.2, 0.25) is 0 Å². The molecule has 1 saturated heterocycles. The van der Waals surface area contributed by atoms with Gasteiger partial charge in [-0.25, -0.2) is 8.42 Å². The number of hydrogen-bond donors (Lipinski definition) is 2. The van der Waals surface area contributed by atoms with Crippen molar-refractivity contribution in [3.05, 3.63) is 48.2 Å². The Morgan fingerprint density at radius 3 is 2.84 bits per heavy atom. The first-order valence-corrected chi connectivity index (χ1v) is 12.1. The van der Waals surface area contributed by atoms with Gasteiger partial charge in [-0.3, -0.25) is 9.62 Å². The molecule has 2 N–H and O–H groups in total. The molecule has 3 aromatic rings. The maximum Gasteiger partial charge on any atom is 0.265 e. The Balaban J connectivity index is 1.62. The highest BCUT2D eigenvalue weighted by Crippen LogP contribution is 2.32. The molecule has 0 radical (unpaired) electrons. The summed E-state index contributed by atoms with van der Waals surface area (Å²) >= 11 is 0. The van der Waals surface area contributed by atoms with E-state index in [4.69, 9.17) is 9.15 Å². The molecular weight excluding hydrogens is 414 g/mol. The second-order valence-corrected chi connectivity index (χ2v) is 9.58. The number of methoxy groups -OCH3 is 1. The Bertz CT molecular complexity index is 1170. The van der Waals surface area contributed by atoms with Gasteiger partial charge in [0.25, 0.3) is 10.0 Å². The number of anilines is 2. The molecule has 0 aliphatic carbocycles. The number of nitrogens with zero attached hydrogens (tertiary/aromatic N) is 1. The van der Waals surface area contributed by atoms with Crippen molar-refractivity contribution >= 4 is 32.4 Å². The number of furan rings is 1. The Morgan fingerprint density at radius 2 is 2.06 bits per heavy atom. The van der Waals surface area contributed by atoms with Crippen molar-refractivity contribution in [2.24, 2.45) is 0 Å². The third-order valence-corrected chi connectivity index (χ3v) is 7.25. The van der Waals surface area contributed by atoms with Crippen LogP contribution in [0.5, 0.6) is 5.75 Å². The lowest BCUT2D eigenvalue weighted by Gasteiger charge is -2.23. The van der Waals surface area contributed by atoms with E-state index < -0.39 is 10.0 Å². The van der Waals surface area contributed by atoms with Crippen molar-refractivity contribution in [2.45, 2.75) is 37.6 Å². The summed E-state index contributed by atoms with van der Waals surface area (Å²) in [5.74, 6) is 0.307. The zero-order valence-electron chi connectivity index (χ0n) is 18.1. The van der Waals surface area contributed by atoms with Crippen LogP contribution < -0.4 is 14.8 Å². The first-order chi connectivity index (χ1) is 14.9. The third kappa shape index (κ3) is 4.50. The Hall–Kier alpha value is -2.71. The van der Waals surface area contributed by atoms with Gasteiger partial charge in [-0.1, -0.05) is 13.0 Å². The van der Waals surface area contributed by atoms with Gasteiger partial charge < -0.3 is 14.5 Å². The number of likely N-dealkylation sites (N-methyl/N-ethyl adjacent to an activating group) is 1. The van der Waals surface area contributed by atoms with Crippen LogP contribution in [0, 0.1) is 6.92 Å². The normalized spacial score (nSPS) is 17.2. The fourth-order valence-electron chi connectivity index (χ4n) is 4.25. The molecule has 0 bridgehead atoms. The third-order valence-electron chi connectivity index (χ3n) is 5.85. The predicted molar refractivity (Wildman–Crippen MR) is 124 cm³/mol. The number of sulfonamides is 1. The number of ether oxygens (including phenoxy) is 1. The van der Waals surface area contributed by atoms with Gasteiger partial charge in [0.05, 0.1) is 24.7 Å². The van der Waals surface area contributed by atoms with Crippen molar-refractivity contribution in [3.63, 3.8) is 0 Å². The van der Waals surface area contributed by atoms with Gasteiger partial charge in [-0.2, -0.15) is 0 Å². The lowest BCUT2D eigenvalue weighted by atomic mass is 10.2. The van der Waals surface area contributed by atoms with Crippen LogP contribution in [0.25, 0.3) is 11.0 Å². The molecule has 1 fully saturated rings. The first kappa shape index (κ1) is 21.5. The molecule has 1 atom stereocenters. The predicted octanol–water partition coefficient (Wildman–Crippen LogP) is 4.45. The van der Waals surface area contributed by atoms with Gasteiger partial charge in [-0.05, 0) is 68.8 Å². The van der Waals surface area contributed by atoms with Crippen molar-refractivity contribution in [2.75, 3.05) is 36.8 Å². The minimum atomic E-state index is -3.83. The van der Waals surface area contributed by atoms with Crippen LogP contribution >= 0.6 is 0 Å². The van der Waals surface area contributed by atoms with E-state index in [2.05, 4.69) is 21.9 Å². The van der Waals surface area contributed by atoms with Crippen molar-refractivity contribution in [1.29, 1.82) is 0 Å². The standard InChI is InChI=1S/C23H29N3O4S/c1-4-26-10-5-6-19(26)15-24-20-14-18(13-17-9-11-30-23(17)20)25-31(27,28)22-12-16(2)7-8-21(22)29-3/h7-9,11-14,19,24-25H,4-6,10,15H2,1-3H3/t19-/m1/s1. The second kappa shape index (κ2) is 8.80. The minimum Gasteiger partial charge on any atom is -0.495 e. The summed E-state index contributed by atoms with van der Waals surface area (Å²) in [7, 11) is -2.37. The number of likely N-dealkylation sites (tertiary alicyclic amines) is 1. The molecular formula is C23H29N3O4S. The van der Waals surface area contributed by atoms with E-state index >= 15 is 0 Å². The van der Waals surface area contributed by atoms with E-state index in [0.29, 0.717) is 17.5 Å². The molecule has 2 heterocycles. The molecule has 0 saturated carbocycles. The minimum absolute atomic E-state index is 0.112. The number of rotatable bonds is 8. The second-order valence-electron chi connectivity index (χ2n) is 7.93. The van der Waals surface area contributed by atoms with Gasteiger partial charge in [0.1, 0.15) is 10.6 Å². The summed E-state index contributed by atoms with van der Waals surface area (Å²) in [5, 5.41) is 4.31. The SMILES string of the molecule is CCN1CCC[C@@H]1CNc1cc(NS(=O)(=O)c2cc(C)ccc2OC)cc2ccoc12. The largest absolute Gasteiger partial charge is 0.495 e. The molecule has 7 nitrogen and oxygen atoms in total. The average molecular weight is 444 g/mol. The zero-order chi connectivity index (χ0) is 22.0. The monoisotopic (exact) mass is 443 g/mol. The lowest BCUT2D eigenvalue weighted by molar-refractivity contribution is 0.277. The molecule has 2 aromatic carbocycles. The van der Waals surface area contributed by atoms with E-state index in [9.17, 15) is 8.42 Å².